The fourth-order valence-electron chi connectivity index (χ4n) is 1.70. The van der Waals surface area contributed by atoms with Gasteiger partial charge in [0.25, 0.3) is 0 Å². The van der Waals surface area contributed by atoms with E-state index in [2.05, 4.69) is 10.6 Å². The molecule has 7 nitrogen and oxygen atoms in total. The number of furan rings is 1. The van der Waals surface area contributed by atoms with Crippen LogP contribution in [0.1, 0.15) is 29.2 Å². The molecule has 0 bridgehead atoms. The molecule has 0 aliphatic carbocycles. The van der Waals surface area contributed by atoms with Gasteiger partial charge in [-0.15, -0.1) is 0 Å². The summed E-state index contributed by atoms with van der Waals surface area (Å²) in [6.45, 7) is 0.0957. The highest BCUT2D eigenvalue weighted by atomic mass is 16.4. The number of carbonyl (C=O) groups excluding carboxylic acids is 2. The molecule has 2 amide bonds. The summed E-state index contributed by atoms with van der Waals surface area (Å²) in [6.07, 6.45) is 0.825. The van der Waals surface area contributed by atoms with Crippen LogP contribution in [0.2, 0.25) is 0 Å². The minimum absolute atomic E-state index is 0.0957. The number of carbonyl (C=O) groups is 3. The fourth-order valence-corrected chi connectivity index (χ4v) is 1.70. The Labute approximate surface area is 102 Å². The van der Waals surface area contributed by atoms with Gasteiger partial charge in [0.15, 0.2) is 0 Å². The van der Waals surface area contributed by atoms with Crippen LogP contribution < -0.4 is 10.6 Å². The lowest BCUT2D eigenvalue weighted by Crippen LogP contribution is -2.41. The van der Waals surface area contributed by atoms with Crippen molar-refractivity contribution < 1.29 is 23.9 Å². The molecule has 1 atom stereocenters. The van der Waals surface area contributed by atoms with E-state index in [0.717, 1.165) is 0 Å². The van der Waals surface area contributed by atoms with Gasteiger partial charge in [0, 0.05) is 6.42 Å². The molecule has 1 aromatic rings. The van der Waals surface area contributed by atoms with Gasteiger partial charge in [0.1, 0.15) is 11.8 Å². The largest absolute Gasteiger partial charge is 0.475 e. The van der Waals surface area contributed by atoms with E-state index in [9.17, 15) is 14.4 Å². The molecular weight excluding hydrogens is 240 g/mol. The maximum absolute atomic E-state index is 11.6. The third-order valence-corrected chi connectivity index (χ3v) is 2.62. The maximum Gasteiger partial charge on any atom is 0.371 e. The van der Waals surface area contributed by atoms with Crippen LogP contribution in [0.3, 0.4) is 0 Å². The first-order chi connectivity index (χ1) is 8.56. The van der Waals surface area contributed by atoms with Crippen LogP contribution in [0.25, 0.3) is 0 Å². The summed E-state index contributed by atoms with van der Waals surface area (Å²) in [7, 11) is 0. The normalized spacial score (nSPS) is 18.4. The van der Waals surface area contributed by atoms with Gasteiger partial charge in [-0.25, -0.2) is 4.79 Å². The number of aromatic carboxylic acids is 1. The van der Waals surface area contributed by atoms with Gasteiger partial charge in [-0.2, -0.15) is 0 Å². The summed E-state index contributed by atoms with van der Waals surface area (Å²) in [6, 6.07) is 2.30. The summed E-state index contributed by atoms with van der Waals surface area (Å²) in [5.41, 5.74) is 0. The molecule has 1 fully saturated rings. The minimum Gasteiger partial charge on any atom is -0.475 e. The van der Waals surface area contributed by atoms with Crippen molar-refractivity contribution in [2.45, 2.75) is 25.4 Å². The van der Waals surface area contributed by atoms with E-state index >= 15 is 0 Å². The molecule has 1 aliphatic rings. The molecule has 0 saturated carbocycles. The van der Waals surface area contributed by atoms with E-state index in [1.54, 1.807) is 0 Å². The molecule has 0 aromatic carbocycles. The standard InChI is InChI=1S/C11H12N2O5/c14-9-4-2-7(13-9)10(15)12-5-6-1-3-8(18-6)11(16)17/h1,3,7H,2,4-5H2,(H,12,15)(H,13,14)(H,16,17)/t7-/m0/s1. The van der Waals surface area contributed by atoms with Crippen LogP contribution in [0.5, 0.6) is 0 Å². The number of amides is 2. The van der Waals surface area contributed by atoms with Crippen molar-refractivity contribution in [3.05, 3.63) is 23.7 Å². The zero-order valence-electron chi connectivity index (χ0n) is 9.43. The molecule has 0 unspecified atom stereocenters. The van der Waals surface area contributed by atoms with Crippen LogP contribution in [-0.4, -0.2) is 28.9 Å². The van der Waals surface area contributed by atoms with E-state index in [1.807, 2.05) is 0 Å². The van der Waals surface area contributed by atoms with Crippen LogP contribution in [0.15, 0.2) is 16.5 Å². The average Bonchev–Trinajstić information content (AvgIpc) is 2.94. The van der Waals surface area contributed by atoms with Crippen LogP contribution in [0, 0.1) is 0 Å². The summed E-state index contributed by atoms with van der Waals surface area (Å²) in [5, 5.41) is 13.8. The third-order valence-electron chi connectivity index (χ3n) is 2.62. The molecule has 3 N–H and O–H groups in total. The van der Waals surface area contributed by atoms with Crippen LogP contribution >= 0.6 is 0 Å². The molecule has 2 rings (SSSR count). The van der Waals surface area contributed by atoms with Gasteiger partial charge >= 0.3 is 5.97 Å². The van der Waals surface area contributed by atoms with Crippen molar-refractivity contribution in [3.63, 3.8) is 0 Å². The Kier molecular flexibility index (Phi) is 3.31. The van der Waals surface area contributed by atoms with Crippen molar-refractivity contribution in [3.8, 4) is 0 Å². The number of rotatable bonds is 4. The van der Waals surface area contributed by atoms with Gasteiger partial charge < -0.3 is 20.2 Å². The van der Waals surface area contributed by atoms with Crippen molar-refractivity contribution in [2.75, 3.05) is 0 Å². The third kappa shape index (κ3) is 2.68. The SMILES string of the molecule is O=C1CC[C@@H](C(=O)NCc2ccc(C(=O)O)o2)N1. The van der Waals surface area contributed by atoms with E-state index in [4.69, 9.17) is 9.52 Å². The highest BCUT2D eigenvalue weighted by molar-refractivity contribution is 5.90. The molecule has 1 aromatic heterocycles. The number of nitrogens with one attached hydrogen (secondary N) is 2. The highest BCUT2D eigenvalue weighted by Crippen LogP contribution is 2.09. The summed E-state index contributed by atoms with van der Waals surface area (Å²) >= 11 is 0. The smallest absolute Gasteiger partial charge is 0.371 e. The van der Waals surface area contributed by atoms with Crippen molar-refractivity contribution >= 4 is 17.8 Å². The molecular formula is C11H12N2O5. The fraction of sp³-hybridized carbons (Fsp3) is 0.364. The van der Waals surface area contributed by atoms with Gasteiger partial charge in [0.05, 0.1) is 6.54 Å². The number of carboxylic acids is 1. The zero-order chi connectivity index (χ0) is 13.1. The monoisotopic (exact) mass is 252 g/mol. The Morgan fingerprint density at radius 2 is 2.28 bits per heavy atom. The second-order valence-corrected chi connectivity index (χ2v) is 3.95. The van der Waals surface area contributed by atoms with Crippen LogP contribution in [-0.2, 0) is 16.1 Å². The van der Waals surface area contributed by atoms with E-state index in [0.29, 0.717) is 18.6 Å². The molecule has 2 heterocycles. The van der Waals surface area contributed by atoms with Gasteiger partial charge in [0.2, 0.25) is 17.6 Å². The maximum atomic E-state index is 11.6. The second kappa shape index (κ2) is 4.91. The first kappa shape index (κ1) is 12.2. The van der Waals surface area contributed by atoms with Crippen molar-refractivity contribution in [1.29, 1.82) is 0 Å². The van der Waals surface area contributed by atoms with Crippen molar-refractivity contribution in [1.82, 2.24) is 10.6 Å². The van der Waals surface area contributed by atoms with E-state index < -0.39 is 12.0 Å². The molecule has 96 valence electrons. The Morgan fingerprint density at radius 3 is 2.83 bits per heavy atom. The van der Waals surface area contributed by atoms with Crippen molar-refractivity contribution in [2.24, 2.45) is 0 Å². The minimum atomic E-state index is -1.16. The molecule has 0 radical (unpaired) electrons. The lowest BCUT2D eigenvalue weighted by Gasteiger charge is -2.09. The molecule has 1 saturated heterocycles. The van der Waals surface area contributed by atoms with Gasteiger partial charge in [-0.05, 0) is 18.6 Å². The van der Waals surface area contributed by atoms with E-state index in [1.165, 1.54) is 12.1 Å². The number of hydrogen-bond donors (Lipinski definition) is 3. The zero-order valence-corrected chi connectivity index (χ0v) is 9.43. The highest BCUT2D eigenvalue weighted by Gasteiger charge is 2.26. The van der Waals surface area contributed by atoms with Gasteiger partial charge in [-0.1, -0.05) is 0 Å². The summed E-state index contributed by atoms with van der Waals surface area (Å²) in [4.78, 5) is 33.1. The predicted molar refractivity (Wildman–Crippen MR) is 58.7 cm³/mol. The van der Waals surface area contributed by atoms with Crippen LogP contribution in [0.4, 0.5) is 0 Å². The topological polar surface area (TPSA) is 109 Å². The summed E-state index contributed by atoms with van der Waals surface area (Å²) in [5.74, 6) is -1.41. The van der Waals surface area contributed by atoms with Gasteiger partial charge in [-0.3, -0.25) is 9.59 Å². The number of carboxylic acid groups (broad SMARTS) is 1. The first-order valence-corrected chi connectivity index (χ1v) is 5.45. The van der Waals surface area contributed by atoms with E-state index in [-0.39, 0.29) is 24.1 Å². The quantitative estimate of drug-likeness (QED) is 0.691. The Hall–Kier alpha value is -2.31. The number of hydrogen-bond acceptors (Lipinski definition) is 4. The molecule has 7 heteroatoms. The second-order valence-electron chi connectivity index (χ2n) is 3.95. The molecule has 0 spiro atoms. The predicted octanol–water partition coefficient (Wildman–Crippen LogP) is -0.127. The lowest BCUT2D eigenvalue weighted by molar-refractivity contribution is -0.125. The Bertz CT molecular complexity index is 493. The Balaban J connectivity index is 1.85. The summed E-state index contributed by atoms with van der Waals surface area (Å²) < 4.78 is 4.98. The molecule has 18 heavy (non-hydrogen) atoms. The Morgan fingerprint density at radius 1 is 1.50 bits per heavy atom. The first-order valence-electron chi connectivity index (χ1n) is 5.45. The average molecular weight is 252 g/mol. The lowest BCUT2D eigenvalue weighted by atomic mass is 10.2. The molecule has 1 aliphatic heterocycles.